The Morgan fingerprint density at radius 1 is 1.53 bits per heavy atom. The van der Waals surface area contributed by atoms with Crippen molar-refractivity contribution in [3.05, 3.63) is 0 Å². The number of nitrogens with two attached hydrogens (primary N) is 1. The van der Waals surface area contributed by atoms with Crippen molar-refractivity contribution in [3.8, 4) is 0 Å². The van der Waals surface area contributed by atoms with Gasteiger partial charge in [0.05, 0.1) is 18.3 Å². The van der Waals surface area contributed by atoms with Crippen molar-refractivity contribution >= 4 is 15.7 Å². The summed E-state index contributed by atoms with van der Waals surface area (Å²) in [6.45, 7) is -2.42. The maximum Gasteiger partial charge on any atom is 0.287 e. The molecule has 0 fully saturated rings. The zero-order chi connectivity index (χ0) is 13.7. The van der Waals surface area contributed by atoms with E-state index in [1.807, 2.05) is 5.32 Å². The molecule has 9 heteroatoms. The monoisotopic (exact) mass is 274 g/mol. The number of alkyl halides is 2. The van der Waals surface area contributed by atoms with Crippen molar-refractivity contribution in [3.63, 3.8) is 0 Å². The second kappa shape index (κ2) is 6.22. The molecule has 0 heterocycles. The van der Waals surface area contributed by atoms with Gasteiger partial charge in [-0.05, 0) is 6.42 Å². The Hall–Kier alpha value is -0.800. The van der Waals surface area contributed by atoms with Gasteiger partial charge in [0.2, 0.25) is 5.91 Å². The molecule has 0 aromatic rings. The van der Waals surface area contributed by atoms with Crippen LogP contribution in [0.15, 0.2) is 0 Å². The zero-order valence-corrected chi connectivity index (χ0v) is 10.1. The highest BCUT2D eigenvalue weighted by Gasteiger charge is 2.29. The number of aliphatic hydroxyl groups excluding tert-OH is 1. The molecule has 0 rings (SSSR count). The molecule has 0 aromatic heterocycles. The van der Waals surface area contributed by atoms with E-state index < -0.39 is 40.9 Å². The molecule has 0 aromatic carbocycles. The first-order valence-corrected chi connectivity index (χ1v) is 6.83. The SMILES string of the molecule is CS(=O)(=O)CCC(N)C(=O)NCC(F)(F)CO. The minimum absolute atomic E-state index is 0.143. The highest BCUT2D eigenvalue weighted by Crippen LogP contribution is 2.09. The Labute approximate surface area is 98.1 Å². The van der Waals surface area contributed by atoms with E-state index in [1.165, 1.54) is 0 Å². The minimum Gasteiger partial charge on any atom is -0.390 e. The summed E-state index contributed by atoms with van der Waals surface area (Å²) < 4.78 is 46.7. The first-order valence-electron chi connectivity index (χ1n) is 4.77. The number of hydrogen-bond acceptors (Lipinski definition) is 5. The number of carbonyl (C=O) groups excluding carboxylic acids is 1. The van der Waals surface area contributed by atoms with Gasteiger partial charge in [0.15, 0.2) is 0 Å². The molecule has 1 atom stereocenters. The quantitative estimate of drug-likeness (QED) is 0.523. The Morgan fingerprint density at radius 3 is 2.47 bits per heavy atom. The van der Waals surface area contributed by atoms with Crippen LogP contribution < -0.4 is 11.1 Å². The number of amides is 1. The third kappa shape index (κ3) is 8.00. The summed E-state index contributed by atoms with van der Waals surface area (Å²) in [5.41, 5.74) is 5.31. The average molecular weight is 274 g/mol. The topological polar surface area (TPSA) is 109 Å². The summed E-state index contributed by atoms with van der Waals surface area (Å²) in [5.74, 6) is -4.58. The zero-order valence-electron chi connectivity index (χ0n) is 9.32. The molecule has 0 saturated heterocycles. The van der Waals surface area contributed by atoms with Gasteiger partial charge in [-0.3, -0.25) is 4.79 Å². The van der Waals surface area contributed by atoms with E-state index in [4.69, 9.17) is 10.8 Å². The van der Waals surface area contributed by atoms with Gasteiger partial charge >= 0.3 is 0 Å². The second-order valence-corrected chi connectivity index (χ2v) is 6.02. The highest BCUT2D eigenvalue weighted by atomic mass is 32.2. The first-order chi connectivity index (χ1) is 7.57. The Balaban J connectivity index is 4.07. The van der Waals surface area contributed by atoms with E-state index in [9.17, 15) is 22.0 Å². The van der Waals surface area contributed by atoms with Crippen molar-refractivity contribution in [1.29, 1.82) is 0 Å². The maximum atomic E-state index is 12.6. The van der Waals surface area contributed by atoms with Gasteiger partial charge < -0.3 is 16.2 Å². The van der Waals surface area contributed by atoms with Crippen LogP contribution >= 0.6 is 0 Å². The molecular weight excluding hydrogens is 258 g/mol. The normalized spacial score (nSPS) is 14.4. The molecule has 17 heavy (non-hydrogen) atoms. The number of hydrogen-bond donors (Lipinski definition) is 3. The smallest absolute Gasteiger partial charge is 0.287 e. The van der Waals surface area contributed by atoms with Crippen LogP contribution in [-0.4, -0.2) is 56.6 Å². The van der Waals surface area contributed by atoms with Gasteiger partial charge in [-0.15, -0.1) is 0 Å². The van der Waals surface area contributed by atoms with E-state index in [-0.39, 0.29) is 12.2 Å². The number of halogens is 2. The molecule has 0 bridgehead atoms. The molecule has 0 aliphatic heterocycles. The van der Waals surface area contributed by atoms with Gasteiger partial charge in [0.25, 0.3) is 5.92 Å². The summed E-state index contributed by atoms with van der Waals surface area (Å²) >= 11 is 0. The number of aliphatic hydroxyl groups is 1. The maximum absolute atomic E-state index is 12.6. The average Bonchev–Trinajstić information content (AvgIpc) is 2.21. The van der Waals surface area contributed by atoms with Crippen LogP contribution in [0, 0.1) is 0 Å². The summed E-state index contributed by atoms with van der Waals surface area (Å²) in [4.78, 5) is 11.2. The van der Waals surface area contributed by atoms with Crippen LogP contribution in [0.3, 0.4) is 0 Å². The highest BCUT2D eigenvalue weighted by molar-refractivity contribution is 7.90. The fourth-order valence-corrected chi connectivity index (χ4v) is 1.56. The molecule has 0 saturated carbocycles. The lowest BCUT2D eigenvalue weighted by Crippen LogP contribution is -2.46. The third-order valence-corrected chi connectivity index (χ3v) is 2.87. The molecule has 0 aliphatic rings. The number of sulfone groups is 1. The van der Waals surface area contributed by atoms with Crippen molar-refractivity contribution in [2.24, 2.45) is 5.73 Å². The van der Waals surface area contributed by atoms with Crippen LogP contribution in [0.4, 0.5) is 8.78 Å². The van der Waals surface area contributed by atoms with Gasteiger partial charge in [0.1, 0.15) is 16.4 Å². The van der Waals surface area contributed by atoms with E-state index in [0.717, 1.165) is 6.26 Å². The van der Waals surface area contributed by atoms with Crippen LogP contribution in [0.5, 0.6) is 0 Å². The summed E-state index contributed by atoms with van der Waals surface area (Å²) in [5, 5.41) is 10.1. The minimum atomic E-state index is -3.41. The second-order valence-electron chi connectivity index (χ2n) is 3.76. The Morgan fingerprint density at radius 2 is 2.06 bits per heavy atom. The molecule has 4 N–H and O–H groups in total. The molecule has 0 radical (unpaired) electrons. The van der Waals surface area contributed by atoms with Crippen LogP contribution in [0.1, 0.15) is 6.42 Å². The summed E-state index contributed by atoms with van der Waals surface area (Å²) in [7, 11) is -3.25. The van der Waals surface area contributed by atoms with Crippen LogP contribution in [0.2, 0.25) is 0 Å². The van der Waals surface area contributed by atoms with Crippen molar-refractivity contribution < 1.29 is 27.1 Å². The van der Waals surface area contributed by atoms with E-state index in [2.05, 4.69) is 0 Å². The van der Waals surface area contributed by atoms with E-state index in [0.29, 0.717) is 0 Å². The van der Waals surface area contributed by atoms with Gasteiger partial charge in [-0.1, -0.05) is 0 Å². The fourth-order valence-electron chi connectivity index (χ4n) is 0.876. The summed E-state index contributed by atoms with van der Waals surface area (Å²) in [6, 6.07) is -1.17. The van der Waals surface area contributed by atoms with Crippen molar-refractivity contribution in [1.82, 2.24) is 5.32 Å². The standard InChI is InChI=1S/C8H16F2N2O4S/c1-17(15,16)3-2-6(11)7(14)12-4-8(9,10)5-13/h6,13H,2-5,11H2,1H3,(H,12,14). The van der Waals surface area contributed by atoms with E-state index >= 15 is 0 Å². The lowest BCUT2D eigenvalue weighted by atomic mass is 10.2. The lowest BCUT2D eigenvalue weighted by Gasteiger charge is -2.16. The third-order valence-electron chi connectivity index (χ3n) is 1.89. The van der Waals surface area contributed by atoms with Gasteiger partial charge in [-0.2, -0.15) is 0 Å². The molecule has 1 amide bonds. The van der Waals surface area contributed by atoms with Crippen molar-refractivity contribution in [2.45, 2.75) is 18.4 Å². The Kier molecular flexibility index (Phi) is 5.93. The molecule has 102 valence electrons. The molecule has 0 spiro atoms. The van der Waals surface area contributed by atoms with Crippen molar-refractivity contribution in [2.75, 3.05) is 25.2 Å². The summed E-state index contributed by atoms with van der Waals surface area (Å²) in [6.07, 6.45) is 0.840. The van der Waals surface area contributed by atoms with Gasteiger partial charge in [-0.25, -0.2) is 17.2 Å². The largest absolute Gasteiger partial charge is 0.390 e. The first kappa shape index (κ1) is 16.2. The molecular formula is C8H16F2N2O4S. The lowest BCUT2D eigenvalue weighted by molar-refractivity contribution is -0.125. The number of rotatable bonds is 7. The predicted octanol–water partition coefficient (Wildman–Crippen LogP) is -1.51. The fraction of sp³-hybridized carbons (Fsp3) is 0.875. The molecule has 0 aliphatic carbocycles. The van der Waals surface area contributed by atoms with Gasteiger partial charge in [0, 0.05) is 6.26 Å². The Bertz CT molecular complexity index is 359. The predicted molar refractivity (Wildman–Crippen MR) is 57.3 cm³/mol. The molecule has 1 unspecified atom stereocenters. The number of nitrogens with one attached hydrogen (secondary N) is 1. The van der Waals surface area contributed by atoms with Crippen LogP contribution in [0.25, 0.3) is 0 Å². The van der Waals surface area contributed by atoms with E-state index in [1.54, 1.807) is 0 Å². The number of carbonyl (C=O) groups is 1. The molecule has 6 nitrogen and oxygen atoms in total. The van der Waals surface area contributed by atoms with Crippen LogP contribution in [-0.2, 0) is 14.6 Å².